The summed E-state index contributed by atoms with van der Waals surface area (Å²) >= 11 is 0. The number of benzene rings is 1. The van der Waals surface area contributed by atoms with Crippen LogP contribution in [0.5, 0.6) is 5.75 Å². The van der Waals surface area contributed by atoms with Gasteiger partial charge < -0.3 is 10.1 Å². The van der Waals surface area contributed by atoms with E-state index in [-0.39, 0.29) is 5.41 Å². The molecule has 0 radical (unpaired) electrons. The highest BCUT2D eigenvalue weighted by Gasteiger charge is 2.39. The summed E-state index contributed by atoms with van der Waals surface area (Å²) in [6, 6.07) is 4.76. The molecule has 2 nitrogen and oxygen atoms in total. The molecule has 0 bridgehead atoms. The van der Waals surface area contributed by atoms with E-state index >= 15 is 0 Å². The Balaban J connectivity index is 2.61. The summed E-state index contributed by atoms with van der Waals surface area (Å²) < 4.78 is 5.80. The maximum atomic E-state index is 5.80. The van der Waals surface area contributed by atoms with Crippen molar-refractivity contribution in [2.24, 2.45) is 0 Å². The van der Waals surface area contributed by atoms with E-state index in [1.807, 2.05) is 14.0 Å². The fourth-order valence-corrected chi connectivity index (χ4v) is 3.09. The lowest BCUT2D eigenvalue weighted by atomic mass is 9.85. The molecule has 0 amide bonds. The summed E-state index contributed by atoms with van der Waals surface area (Å²) in [4.78, 5) is 0. The number of hydrogen-bond donors (Lipinski definition) is 1. The highest BCUT2D eigenvalue weighted by atomic mass is 16.5. The smallest absolute Gasteiger partial charge is 0.123 e. The first-order valence-electron chi connectivity index (χ1n) is 6.45. The Morgan fingerprint density at radius 3 is 2.71 bits per heavy atom. The summed E-state index contributed by atoms with van der Waals surface area (Å²) in [6.07, 6.45) is 1.14. The van der Waals surface area contributed by atoms with Gasteiger partial charge in [0.05, 0.1) is 6.61 Å². The standard InChI is InChI=1S/C15H23NO/c1-6-17-12-8-7-10(2)13-11(16-5)9-15(3,4)14(12)13/h7-8,11,16H,6,9H2,1-5H3. The topological polar surface area (TPSA) is 21.3 Å². The van der Waals surface area contributed by atoms with Crippen molar-refractivity contribution in [1.82, 2.24) is 5.32 Å². The Hall–Kier alpha value is -1.02. The molecule has 1 unspecified atom stereocenters. The molecule has 94 valence electrons. The molecule has 1 N–H and O–H groups in total. The molecule has 1 atom stereocenters. The second-order valence-electron chi connectivity index (χ2n) is 5.53. The first-order chi connectivity index (χ1) is 8.01. The van der Waals surface area contributed by atoms with E-state index in [4.69, 9.17) is 4.74 Å². The molecule has 0 spiro atoms. The average molecular weight is 233 g/mol. The van der Waals surface area contributed by atoms with Crippen molar-refractivity contribution in [2.45, 2.75) is 45.6 Å². The van der Waals surface area contributed by atoms with E-state index < -0.39 is 0 Å². The largest absolute Gasteiger partial charge is 0.494 e. The minimum atomic E-state index is 0.194. The lowest BCUT2D eigenvalue weighted by Gasteiger charge is -2.22. The molecule has 0 aliphatic heterocycles. The average Bonchev–Trinajstić information content (AvgIpc) is 2.56. The highest BCUT2D eigenvalue weighted by molar-refractivity contribution is 5.53. The van der Waals surface area contributed by atoms with Crippen LogP contribution in [0.2, 0.25) is 0 Å². The van der Waals surface area contributed by atoms with Gasteiger partial charge in [-0.2, -0.15) is 0 Å². The van der Waals surface area contributed by atoms with E-state index in [0.29, 0.717) is 6.04 Å². The van der Waals surface area contributed by atoms with E-state index in [9.17, 15) is 0 Å². The van der Waals surface area contributed by atoms with Gasteiger partial charge >= 0.3 is 0 Å². The minimum Gasteiger partial charge on any atom is -0.494 e. The highest BCUT2D eigenvalue weighted by Crippen LogP contribution is 2.49. The Morgan fingerprint density at radius 1 is 1.41 bits per heavy atom. The minimum absolute atomic E-state index is 0.194. The quantitative estimate of drug-likeness (QED) is 0.864. The van der Waals surface area contributed by atoms with Crippen LogP contribution in [0.4, 0.5) is 0 Å². The third-order valence-corrected chi connectivity index (χ3v) is 3.81. The van der Waals surface area contributed by atoms with Crippen molar-refractivity contribution >= 4 is 0 Å². The van der Waals surface area contributed by atoms with Crippen LogP contribution in [0.1, 0.15) is 49.9 Å². The van der Waals surface area contributed by atoms with Crippen molar-refractivity contribution < 1.29 is 4.74 Å². The molecule has 0 fully saturated rings. The van der Waals surface area contributed by atoms with Crippen LogP contribution >= 0.6 is 0 Å². The molecular weight excluding hydrogens is 210 g/mol. The molecule has 2 rings (SSSR count). The van der Waals surface area contributed by atoms with E-state index in [0.717, 1.165) is 18.8 Å². The van der Waals surface area contributed by atoms with Crippen molar-refractivity contribution in [3.8, 4) is 5.75 Å². The number of rotatable bonds is 3. The van der Waals surface area contributed by atoms with Crippen LogP contribution in [0.15, 0.2) is 12.1 Å². The van der Waals surface area contributed by atoms with E-state index in [1.54, 1.807) is 0 Å². The molecule has 1 aliphatic rings. The second kappa shape index (κ2) is 4.34. The SMILES string of the molecule is CCOc1ccc(C)c2c1C(C)(C)CC2NC. The lowest BCUT2D eigenvalue weighted by molar-refractivity contribution is 0.328. The maximum absolute atomic E-state index is 5.80. The molecule has 0 saturated heterocycles. The summed E-state index contributed by atoms with van der Waals surface area (Å²) in [5.41, 5.74) is 4.41. The van der Waals surface area contributed by atoms with Gasteiger partial charge in [-0.1, -0.05) is 19.9 Å². The summed E-state index contributed by atoms with van der Waals surface area (Å²) in [6.45, 7) is 9.59. The maximum Gasteiger partial charge on any atom is 0.123 e. The third kappa shape index (κ3) is 1.95. The predicted molar refractivity (Wildman–Crippen MR) is 71.8 cm³/mol. The van der Waals surface area contributed by atoms with Gasteiger partial charge in [0.1, 0.15) is 5.75 Å². The Bertz CT molecular complexity index is 423. The van der Waals surface area contributed by atoms with Gasteiger partial charge in [-0.15, -0.1) is 0 Å². The zero-order chi connectivity index (χ0) is 12.6. The summed E-state index contributed by atoms with van der Waals surface area (Å²) in [5.74, 6) is 1.07. The van der Waals surface area contributed by atoms with Crippen molar-refractivity contribution in [3.63, 3.8) is 0 Å². The first kappa shape index (κ1) is 12.4. The summed E-state index contributed by atoms with van der Waals surface area (Å²) in [7, 11) is 2.04. The van der Waals surface area contributed by atoms with Crippen molar-refractivity contribution in [1.29, 1.82) is 0 Å². The predicted octanol–water partition coefficient (Wildman–Crippen LogP) is 3.34. The van der Waals surface area contributed by atoms with Crippen molar-refractivity contribution in [2.75, 3.05) is 13.7 Å². The second-order valence-corrected chi connectivity index (χ2v) is 5.53. The van der Waals surface area contributed by atoms with E-state index in [2.05, 4.69) is 38.2 Å². The number of fused-ring (bicyclic) bond motifs is 1. The lowest BCUT2D eigenvalue weighted by Crippen LogP contribution is -2.17. The molecule has 0 saturated carbocycles. The summed E-state index contributed by atoms with van der Waals surface area (Å²) in [5, 5.41) is 3.43. The van der Waals surface area contributed by atoms with Gasteiger partial charge in [0, 0.05) is 11.6 Å². The molecule has 17 heavy (non-hydrogen) atoms. The van der Waals surface area contributed by atoms with Gasteiger partial charge in [-0.25, -0.2) is 0 Å². The Morgan fingerprint density at radius 2 is 2.12 bits per heavy atom. The normalized spacial score (nSPS) is 21.4. The molecule has 1 aromatic rings. The molecular formula is C15H23NO. The van der Waals surface area contributed by atoms with Gasteiger partial charge in [0.15, 0.2) is 0 Å². The van der Waals surface area contributed by atoms with Gasteiger partial charge in [-0.05, 0) is 49.9 Å². The molecule has 0 aromatic heterocycles. The monoisotopic (exact) mass is 233 g/mol. The number of ether oxygens (including phenoxy) is 1. The van der Waals surface area contributed by atoms with Gasteiger partial charge in [-0.3, -0.25) is 0 Å². The molecule has 1 aliphatic carbocycles. The number of hydrogen-bond acceptors (Lipinski definition) is 2. The van der Waals surface area contributed by atoms with Crippen LogP contribution in [-0.2, 0) is 5.41 Å². The number of nitrogens with one attached hydrogen (secondary N) is 1. The van der Waals surface area contributed by atoms with Crippen LogP contribution in [0.3, 0.4) is 0 Å². The number of aryl methyl sites for hydroxylation is 1. The van der Waals surface area contributed by atoms with Crippen LogP contribution in [-0.4, -0.2) is 13.7 Å². The van der Waals surface area contributed by atoms with Crippen LogP contribution in [0, 0.1) is 6.92 Å². The Labute approximate surface area is 104 Å². The molecule has 2 heteroatoms. The van der Waals surface area contributed by atoms with Crippen LogP contribution in [0.25, 0.3) is 0 Å². The van der Waals surface area contributed by atoms with Gasteiger partial charge in [0.25, 0.3) is 0 Å². The van der Waals surface area contributed by atoms with Gasteiger partial charge in [0.2, 0.25) is 0 Å². The zero-order valence-corrected chi connectivity index (χ0v) is 11.6. The Kier molecular flexibility index (Phi) is 3.17. The van der Waals surface area contributed by atoms with Crippen molar-refractivity contribution in [3.05, 3.63) is 28.8 Å². The fourth-order valence-electron chi connectivity index (χ4n) is 3.09. The van der Waals surface area contributed by atoms with E-state index in [1.165, 1.54) is 16.7 Å². The zero-order valence-electron chi connectivity index (χ0n) is 11.6. The molecule has 0 heterocycles. The fraction of sp³-hybridized carbons (Fsp3) is 0.600. The van der Waals surface area contributed by atoms with Crippen LogP contribution < -0.4 is 10.1 Å². The third-order valence-electron chi connectivity index (χ3n) is 3.81. The molecule has 1 aromatic carbocycles. The first-order valence-corrected chi connectivity index (χ1v) is 6.45.